The molecule has 1 aliphatic carbocycles. The van der Waals surface area contributed by atoms with Crippen LogP contribution in [0.4, 0.5) is 0 Å². The molecule has 2 rings (SSSR count). The van der Waals surface area contributed by atoms with Gasteiger partial charge in [-0.05, 0) is 30.6 Å². The van der Waals surface area contributed by atoms with Gasteiger partial charge >= 0.3 is 13.0 Å². The van der Waals surface area contributed by atoms with Gasteiger partial charge in [-0.25, -0.2) is 0 Å². The van der Waals surface area contributed by atoms with Crippen molar-refractivity contribution >= 4 is 13.0 Å². The third kappa shape index (κ3) is 1.12. The Hall–Kier alpha value is -0.545. The smallest absolute Gasteiger partial charge is 0.377 e. The van der Waals surface area contributed by atoms with E-state index in [4.69, 9.17) is 5.11 Å². The van der Waals surface area contributed by atoms with E-state index in [0.717, 1.165) is 0 Å². The summed E-state index contributed by atoms with van der Waals surface area (Å²) >= 11 is 0. The van der Waals surface area contributed by atoms with Gasteiger partial charge in [0, 0.05) is 0 Å². The zero-order chi connectivity index (χ0) is 10.7. The highest BCUT2D eigenvalue weighted by Gasteiger charge is 2.69. The fraction of sp³-hybridized carbons (Fsp3) is 0.889. The summed E-state index contributed by atoms with van der Waals surface area (Å²) < 4.78 is 0. The van der Waals surface area contributed by atoms with Crippen molar-refractivity contribution in [1.82, 2.24) is 4.81 Å². The van der Waals surface area contributed by atoms with E-state index >= 15 is 0 Å². The summed E-state index contributed by atoms with van der Waals surface area (Å²) in [6.45, 7) is 6.56. The predicted molar refractivity (Wildman–Crippen MR) is 52.7 cm³/mol. The van der Waals surface area contributed by atoms with Crippen LogP contribution in [-0.2, 0) is 4.79 Å². The molecule has 0 bridgehead atoms. The molecule has 0 radical (unpaired) electrons. The van der Waals surface area contributed by atoms with E-state index in [1.807, 2.05) is 0 Å². The molecule has 0 aromatic heterocycles. The van der Waals surface area contributed by atoms with Gasteiger partial charge in [-0.1, -0.05) is 13.8 Å². The number of fused-ring (bicyclic) bond motifs is 1. The molecule has 0 aromatic carbocycles. The van der Waals surface area contributed by atoms with E-state index in [2.05, 4.69) is 13.8 Å². The number of carbonyl (C=O) groups is 1. The molecule has 3 atom stereocenters. The fourth-order valence-electron chi connectivity index (χ4n) is 2.99. The van der Waals surface area contributed by atoms with E-state index < -0.39 is 19.1 Å². The van der Waals surface area contributed by atoms with Crippen molar-refractivity contribution < 1.29 is 14.9 Å². The highest BCUT2D eigenvalue weighted by atomic mass is 16.4. The number of nitrogens with zero attached hydrogens (tertiary/aromatic N) is 1. The second kappa shape index (κ2) is 2.73. The summed E-state index contributed by atoms with van der Waals surface area (Å²) in [7, 11) is -0.653. The summed E-state index contributed by atoms with van der Waals surface area (Å²) in [4.78, 5) is 12.8. The average molecular weight is 197 g/mol. The van der Waals surface area contributed by atoms with Gasteiger partial charge in [0.05, 0.1) is 0 Å². The first-order valence-electron chi connectivity index (χ1n) is 5.04. The van der Waals surface area contributed by atoms with Gasteiger partial charge < -0.3 is 14.9 Å². The third-order valence-electron chi connectivity index (χ3n) is 3.98. The zero-order valence-corrected chi connectivity index (χ0v) is 8.77. The van der Waals surface area contributed by atoms with Crippen molar-refractivity contribution in [3.63, 3.8) is 0 Å². The minimum Gasteiger partial charge on any atom is -0.480 e. The normalized spacial score (nSPS) is 39.3. The average Bonchev–Trinajstić information content (AvgIpc) is 2.47. The lowest BCUT2D eigenvalue weighted by Crippen LogP contribution is -2.48. The molecule has 2 fully saturated rings. The molecule has 5 heteroatoms. The molecule has 0 spiro atoms. The molecule has 78 valence electrons. The zero-order valence-electron chi connectivity index (χ0n) is 8.77. The summed E-state index contributed by atoms with van der Waals surface area (Å²) in [6.07, 6.45) is 0. The Kier molecular flexibility index (Phi) is 1.95. The van der Waals surface area contributed by atoms with Crippen LogP contribution in [0.25, 0.3) is 0 Å². The molecule has 2 N–H and O–H groups in total. The highest BCUT2D eigenvalue weighted by Crippen LogP contribution is 2.64. The minimum atomic E-state index is -0.802. The van der Waals surface area contributed by atoms with Crippen molar-refractivity contribution in [1.29, 1.82) is 0 Å². The van der Waals surface area contributed by atoms with Crippen molar-refractivity contribution in [3.8, 4) is 0 Å². The number of hydrogen-bond donors (Lipinski definition) is 2. The second-order valence-corrected chi connectivity index (χ2v) is 5.07. The second-order valence-electron chi connectivity index (χ2n) is 5.07. The van der Waals surface area contributed by atoms with Crippen LogP contribution in [0.2, 0.25) is 6.82 Å². The highest BCUT2D eigenvalue weighted by molar-refractivity contribution is 6.45. The lowest BCUT2D eigenvalue weighted by Gasteiger charge is -2.28. The van der Waals surface area contributed by atoms with Gasteiger partial charge in [-0.15, -0.1) is 0 Å². The summed E-state index contributed by atoms with van der Waals surface area (Å²) in [6, 6.07) is -0.491. The van der Waals surface area contributed by atoms with E-state index in [9.17, 15) is 9.82 Å². The van der Waals surface area contributed by atoms with Crippen molar-refractivity contribution in [2.45, 2.75) is 26.7 Å². The van der Waals surface area contributed by atoms with E-state index in [1.165, 1.54) is 0 Å². The van der Waals surface area contributed by atoms with Crippen LogP contribution in [0.1, 0.15) is 13.8 Å². The van der Waals surface area contributed by atoms with E-state index in [-0.39, 0.29) is 11.3 Å². The number of carboxylic acid groups (broad SMARTS) is 1. The first kappa shape index (κ1) is 9.99. The molecule has 0 aromatic rings. The Morgan fingerprint density at radius 2 is 2.14 bits per heavy atom. The van der Waals surface area contributed by atoms with Crippen LogP contribution in [0.15, 0.2) is 0 Å². The van der Waals surface area contributed by atoms with Crippen molar-refractivity contribution in [3.05, 3.63) is 0 Å². The van der Waals surface area contributed by atoms with Gasteiger partial charge in [0.2, 0.25) is 0 Å². The molecular weight excluding hydrogens is 181 g/mol. The van der Waals surface area contributed by atoms with Gasteiger partial charge in [0.1, 0.15) is 6.04 Å². The van der Waals surface area contributed by atoms with Gasteiger partial charge in [-0.3, -0.25) is 4.79 Å². The maximum absolute atomic E-state index is 11.1. The third-order valence-corrected chi connectivity index (χ3v) is 3.98. The Morgan fingerprint density at radius 1 is 1.57 bits per heavy atom. The molecule has 1 heterocycles. The molecule has 1 unspecified atom stereocenters. The summed E-state index contributed by atoms with van der Waals surface area (Å²) in [5, 5.41) is 18.6. The molecule has 0 amide bonds. The Balaban J connectivity index is 2.19. The molecule has 1 saturated heterocycles. The largest absolute Gasteiger partial charge is 0.480 e. The maximum atomic E-state index is 11.1. The number of piperidine rings is 1. The van der Waals surface area contributed by atoms with Gasteiger partial charge in [0.25, 0.3) is 0 Å². The van der Waals surface area contributed by atoms with Crippen molar-refractivity contribution in [2.24, 2.45) is 17.3 Å². The predicted octanol–water partition coefficient (Wildman–Crippen LogP) is 0.138. The molecule has 1 aliphatic heterocycles. The molecule has 1 saturated carbocycles. The van der Waals surface area contributed by atoms with Crippen molar-refractivity contribution in [2.75, 3.05) is 6.54 Å². The van der Waals surface area contributed by atoms with Crippen LogP contribution >= 0.6 is 0 Å². The summed E-state index contributed by atoms with van der Waals surface area (Å²) in [5.41, 5.74) is 0.147. The SMILES string of the molecule is CB(O)N1CC2[C@@H]([C@H]1C(=O)O)C2(C)C. The Labute approximate surface area is 84.0 Å². The number of aliphatic carboxylic acids is 1. The molecule has 4 nitrogen and oxygen atoms in total. The molecular formula is C9H16BNO3. The van der Waals surface area contributed by atoms with E-state index in [1.54, 1.807) is 11.6 Å². The number of rotatable bonds is 2. The summed E-state index contributed by atoms with van der Waals surface area (Å²) in [5.74, 6) is -0.142. The quantitative estimate of drug-likeness (QED) is 0.618. The maximum Gasteiger partial charge on any atom is 0.377 e. The monoisotopic (exact) mass is 197 g/mol. The van der Waals surface area contributed by atoms with Gasteiger partial charge in [-0.2, -0.15) is 0 Å². The lowest BCUT2D eigenvalue weighted by molar-refractivity contribution is -0.142. The Morgan fingerprint density at radius 3 is 2.57 bits per heavy atom. The van der Waals surface area contributed by atoms with Gasteiger partial charge in [0.15, 0.2) is 0 Å². The van der Waals surface area contributed by atoms with Crippen LogP contribution in [-0.4, -0.2) is 40.5 Å². The minimum absolute atomic E-state index is 0.147. The van der Waals surface area contributed by atoms with Crippen LogP contribution in [0.5, 0.6) is 0 Å². The number of carboxylic acids is 1. The standard InChI is InChI=1S/C9H16BNO3/c1-9(2)5-4-11(10(3)14)7(6(5)9)8(12)13/h5-7,14H,4H2,1-3H3,(H,12,13)/t5?,6-,7-/m0/s1. The molecule has 14 heavy (non-hydrogen) atoms. The number of hydrogen-bond acceptors (Lipinski definition) is 3. The van der Waals surface area contributed by atoms with Crippen LogP contribution in [0.3, 0.4) is 0 Å². The lowest BCUT2D eigenvalue weighted by atomic mass is 9.81. The van der Waals surface area contributed by atoms with Crippen LogP contribution < -0.4 is 0 Å². The fourth-order valence-corrected chi connectivity index (χ4v) is 2.99. The Bertz CT molecular complexity index is 277. The first-order chi connectivity index (χ1) is 6.37. The van der Waals surface area contributed by atoms with E-state index in [0.29, 0.717) is 12.5 Å². The van der Waals surface area contributed by atoms with Crippen LogP contribution in [0, 0.1) is 17.3 Å². The molecule has 2 aliphatic rings. The topological polar surface area (TPSA) is 60.8 Å². The first-order valence-corrected chi connectivity index (χ1v) is 5.04.